The molecule has 168 valence electrons. The van der Waals surface area contributed by atoms with Crippen LogP contribution in [0.5, 0.6) is 5.75 Å². The van der Waals surface area contributed by atoms with Crippen LogP contribution in [0.2, 0.25) is 5.02 Å². The Morgan fingerprint density at radius 2 is 2.07 bits per heavy atom. The number of hydrogen-bond donors (Lipinski definition) is 2. The molecule has 0 aliphatic carbocycles. The molecule has 2 aliphatic rings. The zero-order valence-corrected chi connectivity index (χ0v) is 18.1. The second-order valence-corrected chi connectivity index (χ2v) is 8.29. The second kappa shape index (κ2) is 9.96. The number of aliphatic imine (C=N–C) groups is 1. The lowest BCUT2D eigenvalue weighted by atomic mass is 10.1. The molecule has 3 rings (SSSR count). The molecule has 2 saturated heterocycles. The first-order valence-electron chi connectivity index (χ1n) is 10.1. The zero-order valence-electron chi connectivity index (χ0n) is 17.3. The SMILES string of the molecule is CN=C(NCC1CCN(CC(F)(F)F)C1)NC1CCN(c2cc(Cl)ccc2OC)C1. The number of alkyl halides is 3. The van der Waals surface area contributed by atoms with E-state index in [1.54, 1.807) is 20.2 Å². The van der Waals surface area contributed by atoms with Crippen molar-refractivity contribution < 1.29 is 17.9 Å². The van der Waals surface area contributed by atoms with Crippen LogP contribution in [0.3, 0.4) is 0 Å². The standard InChI is InChI=1S/C20H29ClF3N5O/c1-25-19(26-10-14-5-7-28(11-14)13-20(22,23)24)27-16-6-8-29(12-16)17-9-15(21)3-4-18(17)30-2/h3-4,9,14,16H,5-8,10-13H2,1-2H3,(H2,25,26,27). The van der Waals surface area contributed by atoms with Crippen molar-refractivity contribution in [1.29, 1.82) is 0 Å². The van der Waals surface area contributed by atoms with E-state index in [9.17, 15) is 13.2 Å². The summed E-state index contributed by atoms with van der Waals surface area (Å²) in [7, 11) is 3.34. The van der Waals surface area contributed by atoms with Crippen LogP contribution in [0, 0.1) is 5.92 Å². The molecule has 0 spiro atoms. The van der Waals surface area contributed by atoms with Crippen LogP contribution in [0.1, 0.15) is 12.8 Å². The van der Waals surface area contributed by atoms with Crippen LogP contribution >= 0.6 is 11.6 Å². The minimum absolute atomic E-state index is 0.182. The molecule has 0 radical (unpaired) electrons. The van der Waals surface area contributed by atoms with E-state index in [-0.39, 0.29) is 12.0 Å². The largest absolute Gasteiger partial charge is 0.495 e. The molecule has 2 N–H and O–H groups in total. The third-order valence-electron chi connectivity index (χ3n) is 5.57. The Morgan fingerprint density at radius 3 is 2.77 bits per heavy atom. The fourth-order valence-electron chi connectivity index (χ4n) is 4.11. The molecule has 10 heteroatoms. The summed E-state index contributed by atoms with van der Waals surface area (Å²) in [6.45, 7) is 2.35. The summed E-state index contributed by atoms with van der Waals surface area (Å²) in [5.41, 5.74) is 0.966. The predicted octanol–water partition coefficient (Wildman–Crippen LogP) is 2.98. The summed E-state index contributed by atoms with van der Waals surface area (Å²) in [5.74, 6) is 1.64. The molecule has 2 heterocycles. The van der Waals surface area contributed by atoms with E-state index in [2.05, 4.69) is 20.5 Å². The highest BCUT2D eigenvalue weighted by atomic mass is 35.5. The topological polar surface area (TPSA) is 52.1 Å². The van der Waals surface area contributed by atoms with Crippen LogP contribution in [0.15, 0.2) is 23.2 Å². The van der Waals surface area contributed by atoms with Gasteiger partial charge < -0.3 is 20.3 Å². The van der Waals surface area contributed by atoms with Crippen LogP contribution < -0.4 is 20.3 Å². The second-order valence-electron chi connectivity index (χ2n) is 7.85. The van der Waals surface area contributed by atoms with Crippen molar-refractivity contribution in [1.82, 2.24) is 15.5 Å². The normalized spacial score (nSPS) is 23.1. The van der Waals surface area contributed by atoms with Crippen molar-refractivity contribution >= 4 is 23.2 Å². The van der Waals surface area contributed by atoms with Gasteiger partial charge in [-0.3, -0.25) is 9.89 Å². The Hall–Kier alpha value is -1.87. The van der Waals surface area contributed by atoms with Gasteiger partial charge in [-0.05, 0) is 43.5 Å². The molecule has 0 amide bonds. The van der Waals surface area contributed by atoms with Crippen LogP contribution in [-0.2, 0) is 0 Å². The molecule has 2 atom stereocenters. The van der Waals surface area contributed by atoms with Crippen LogP contribution in [0.4, 0.5) is 18.9 Å². The minimum atomic E-state index is -4.14. The molecule has 0 bridgehead atoms. The van der Waals surface area contributed by atoms with Crippen molar-refractivity contribution in [3.05, 3.63) is 23.2 Å². The van der Waals surface area contributed by atoms with Crippen LogP contribution in [0.25, 0.3) is 0 Å². The number of methoxy groups -OCH3 is 1. The Kier molecular flexibility index (Phi) is 7.57. The molecule has 1 aromatic carbocycles. The number of rotatable bonds is 6. The smallest absolute Gasteiger partial charge is 0.401 e. The number of ether oxygens (including phenoxy) is 1. The highest BCUT2D eigenvalue weighted by molar-refractivity contribution is 6.30. The molecular weight excluding hydrogens is 419 g/mol. The first-order chi connectivity index (χ1) is 14.3. The average molecular weight is 448 g/mol. The maximum atomic E-state index is 12.5. The molecule has 1 aromatic rings. The summed E-state index contributed by atoms with van der Waals surface area (Å²) in [6.07, 6.45) is -2.45. The van der Waals surface area contributed by atoms with Gasteiger partial charge in [-0.15, -0.1) is 0 Å². The third-order valence-corrected chi connectivity index (χ3v) is 5.80. The predicted molar refractivity (Wildman–Crippen MR) is 114 cm³/mol. The molecular formula is C20H29ClF3N5O. The molecule has 2 aliphatic heterocycles. The van der Waals surface area contributed by atoms with Crippen molar-refractivity contribution in [2.45, 2.75) is 25.1 Å². The van der Waals surface area contributed by atoms with E-state index in [4.69, 9.17) is 16.3 Å². The summed E-state index contributed by atoms with van der Waals surface area (Å²) >= 11 is 6.15. The molecule has 0 aromatic heterocycles. The molecule has 30 heavy (non-hydrogen) atoms. The fourth-order valence-corrected chi connectivity index (χ4v) is 4.28. The highest BCUT2D eigenvalue weighted by Crippen LogP contribution is 2.33. The van der Waals surface area contributed by atoms with E-state index in [0.717, 1.165) is 37.4 Å². The van der Waals surface area contributed by atoms with E-state index < -0.39 is 12.7 Å². The Morgan fingerprint density at radius 1 is 1.27 bits per heavy atom. The summed E-state index contributed by atoms with van der Waals surface area (Å²) in [5, 5.41) is 7.36. The van der Waals surface area contributed by atoms with Gasteiger partial charge in [-0.2, -0.15) is 13.2 Å². The van der Waals surface area contributed by atoms with Crippen LogP contribution in [-0.4, -0.2) is 76.5 Å². The van der Waals surface area contributed by atoms with E-state index in [0.29, 0.717) is 30.6 Å². The number of likely N-dealkylation sites (tertiary alicyclic amines) is 1. The van der Waals surface area contributed by atoms with Gasteiger partial charge in [0.05, 0.1) is 19.3 Å². The quantitative estimate of drug-likeness (QED) is 0.518. The Balaban J connectivity index is 1.47. The van der Waals surface area contributed by atoms with Crippen molar-refractivity contribution in [3.8, 4) is 5.75 Å². The van der Waals surface area contributed by atoms with Crippen molar-refractivity contribution in [3.63, 3.8) is 0 Å². The lowest BCUT2D eigenvalue weighted by molar-refractivity contribution is -0.143. The van der Waals surface area contributed by atoms with Gasteiger partial charge in [0.25, 0.3) is 0 Å². The van der Waals surface area contributed by atoms with Gasteiger partial charge in [-0.1, -0.05) is 11.6 Å². The monoisotopic (exact) mass is 447 g/mol. The van der Waals surface area contributed by atoms with Crippen molar-refractivity contribution in [2.75, 3.05) is 58.3 Å². The van der Waals surface area contributed by atoms with Gasteiger partial charge in [0.2, 0.25) is 0 Å². The number of anilines is 1. The van der Waals surface area contributed by atoms with Gasteiger partial charge in [-0.25, -0.2) is 0 Å². The maximum absolute atomic E-state index is 12.5. The number of nitrogens with zero attached hydrogens (tertiary/aromatic N) is 3. The number of guanidine groups is 1. The summed E-state index contributed by atoms with van der Waals surface area (Å²) < 4.78 is 43.1. The first kappa shape index (κ1) is 22.8. The fraction of sp³-hybridized carbons (Fsp3) is 0.650. The van der Waals surface area contributed by atoms with E-state index in [1.165, 1.54) is 4.90 Å². The number of hydrogen-bond acceptors (Lipinski definition) is 4. The first-order valence-corrected chi connectivity index (χ1v) is 10.5. The van der Waals surface area contributed by atoms with E-state index >= 15 is 0 Å². The van der Waals surface area contributed by atoms with Gasteiger partial charge in [0, 0.05) is 44.3 Å². The molecule has 0 saturated carbocycles. The Bertz CT molecular complexity index is 746. The van der Waals surface area contributed by atoms with Gasteiger partial charge in [0.15, 0.2) is 5.96 Å². The number of benzene rings is 1. The zero-order chi connectivity index (χ0) is 21.7. The summed E-state index contributed by atoms with van der Waals surface area (Å²) in [4.78, 5) is 7.96. The number of nitrogens with one attached hydrogen (secondary N) is 2. The molecule has 2 unspecified atom stereocenters. The summed E-state index contributed by atoms with van der Waals surface area (Å²) in [6, 6.07) is 5.77. The number of halogens is 4. The lowest BCUT2D eigenvalue weighted by Gasteiger charge is -2.23. The minimum Gasteiger partial charge on any atom is -0.495 e. The van der Waals surface area contributed by atoms with Crippen molar-refractivity contribution in [2.24, 2.45) is 10.9 Å². The average Bonchev–Trinajstić information content (AvgIpc) is 3.33. The lowest BCUT2D eigenvalue weighted by Crippen LogP contribution is -2.46. The molecule has 6 nitrogen and oxygen atoms in total. The van der Waals surface area contributed by atoms with Gasteiger partial charge >= 0.3 is 6.18 Å². The third kappa shape index (κ3) is 6.31. The highest BCUT2D eigenvalue weighted by Gasteiger charge is 2.34. The van der Waals surface area contributed by atoms with E-state index in [1.807, 2.05) is 12.1 Å². The molecule has 2 fully saturated rings. The maximum Gasteiger partial charge on any atom is 0.401 e. The van der Waals surface area contributed by atoms with Gasteiger partial charge in [0.1, 0.15) is 5.75 Å². The Labute approximate surface area is 180 Å².